The highest BCUT2D eigenvalue weighted by atomic mass is 16.5. The van der Waals surface area contributed by atoms with E-state index in [1.54, 1.807) is 24.3 Å². The van der Waals surface area contributed by atoms with Crippen molar-refractivity contribution in [2.45, 2.75) is 39.2 Å². The monoisotopic (exact) mass is 461 g/mol. The first-order chi connectivity index (χ1) is 16.2. The summed E-state index contributed by atoms with van der Waals surface area (Å²) in [6.45, 7) is 4.13. The number of allylic oxidation sites excluding steroid dienone is 2. The van der Waals surface area contributed by atoms with Gasteiger partial charge >= 0.3 is 11.9 Å². The van der Waals surface area contributed by atoms with E-state index >= 15 is 0 Å². The number of carbonyl (C=O) groups excluding carboxylic acids is 3. The lowest BCUT2D eigenvalue weighted by molar-refractivity contribution is -0.136. The van der Waals surface area contributed by atoms with Crippen molar-refractivity contribution in [3.8, 4) is 0 Å². The zero-order chi connectivity index (χ0) is 24.5. The van der Waals surface area contributed by atoms with Gasteiger partial charge in [-0.15, -0.1) is 0 Å². The zero-order valence-corrected chi connectivity index (χ0v) is 19.4. The minimum atomic E-state index is -0.741. The SMILES string of the molecule is COC(=O)C1=C(N)OC2=C(C(=O)CC(C)(C)C2)[C@@H]1c1ccc(C(=O)OCc2ccccc2)cc1. The maximum absolute atomic E-state index is 13.2. The summed E-state index contributed by atoms with van der Waals surface area (Å²) in [6.07, 6.45) is 0.841. The Morgan fingerprint density at radius 1 is 1.03 bits per heavy atom. The molecule has 1 atom stereocenters. The highest BCUT2D eigenvalue weighted by Gasteiger charge is 2.44. The minimum absolute atomic E-state index is 0.0764. The molecule has 0 amide bonds. The molecule has 1 aliphatic carbocycles. The van der Waals surface area contributed by atoms with Crippen molar-refractivity contribution >= 4 is 17.7 Å². The van der Waals surface area contributed by atoms with Gasteiger partial charge in [0.15, 0.2) is 5.78 Å². The van der Waals surface area contributed by atoms with Crippen LogP contribution in [0.25, 0.3) is 0 Å². The van der Waals surface area contributed by atoms with Crippen LogP contribution in [0.2, 0.25) is 0 Å². The molecule has 2 aliphatic rings. The van der Waals surface area contributed by atoms with Crippen LogP contribution in [0, 0.1) is 5.41 Å². The summed E-state index contributed by atoms with van der Waals surface area (Å²) in [6, 6.07) is 16.0. The van der Waals surface area contributed by atoms with Crippen molar-refractivity contribution in [3.63, 3.8) is 0 Å². The Morgan fingerprint density at radius 3 is 2.35 bits per heavy atom. The number of ketones is 1. The second kappa shape index (κ2) is 9.17. The molecule has 2 N–H and O–H groups in total. The predicted octanol–water partition coefficient (Wildman–Crippen LogP) is 4.14. The molecule has 0 bridgehead atoms. The first-order valence-corrected chi connectivity index (χ1v) is 11.0. The van der Waals surface area contributed by atoms with Crippen molar-refractivity contribution in [3.05, 3.63) is 94.1 Å². The Bertz CT molecular complexity index is 1190. The number of hydrogen-bond acceptors (Lipinski definition) is 7. The van der Waals surface area contributed by atoms with Gasteiger partial charge in [-0.25, -0.2) is 9.59 Å². The molecule has 0 fully saturated rings. The molecule has 2 aromatic carbocycles. The van der Waals surface area contributed by atoms with E-state index in [9.17, 15) is 14.4 Å². The molecule has 1 aliphatic heterocycles. The van der Waals surface area contributed by atoms with Gasteiger partial charge in [-0.3, -0.25) is 4.79 Å². The molecular formula is C27H27NO6. The third-order valence-corrected chi connectivity index (χ3v) is 6.05. The van der Waals surface area contributed by atoms with Crippen molar-refractivity contribution in [1.82, 2.24) is 0 Å². The Labute approximate surface area is 198 Å². The third-order valence-electron chi connectivity index (χ3n) is 6.05. The molecular weight excluding hydrogens is 434 g/mol. The number of nitrogens with two attached hydrogens (primary N) is 1. The maximum atomic E-state index is 13.2. The fraction of sp³-hybridized carbons (Fsp3) is 0.296. The van der Waals surface area contributed by atoms with E-state index in [1.165, 1.54) is 7.11 Å². The molecule has 7 heteroatoms. The van der Waals surface area contributed by atoms with E-state index in [4.69, 9.17) is 19.9 Å². The Balaban J connectivity index is 1.65. The number of esters is 2. The van der Waals surface area contributed by atoms with Crippen molar-refractivity contribution in [2.75, 3.05) is 7.11 Å². The summed E-state index contributed by atoms with van der Waals surface area (Å²) < 4.78 is 16.1. The van der Waals surface area contributed by atoms with E-state index in [1.807, 2.05) is 44.2 Å². The summed E-state index contributed by atoms with van der Waals surface area (Å²) in [5.41, 5.74) is 8.21. The van der Waals surface area contributed by atoms with Crippen LogP contribution in [-0.4, -0.2) is 24.8 Å². The van der Waals surface area contributed by atoms with Gasteiger partial charge in [0.2, 0.25) is 5.88 Å². The summed E-state index contributed by atoms with van der Waals surface area (Å²) in [5.74, 6) is -1.58. The topological polar surface area (TPSA) is 105 Å². The summed E-state index contributed by atoms with van der Waals surface area (Å²) in [4.78, 5) is 38.3. The van der Waals surface area contributed by atoms with Crippen LogP contribution in [0.1, 0.15) is 54.1 Å². The van der Waals surface area contributed by atoms with Gasteiger partial charge in [-0.05, 0) is 28.7 Å². The lowest BCUT2D eigenvalue weighted by atomic mass is 9.70. The van der Waals surface area contributed by atoms with E-state index < -0.39 is 17.9 Å². The standard InChI is InChI=1S/C27H27NO6/c1-27(2)13-19(29)22-20(14-27)34-24(28)23(26(31)32-3)21(22)17-9-11-18(12-10-17)25(30)33-15-16-7-5-4-6-8-16/h4-12,21H,13-15,28H2,1-3H3/t21-/m0/s1. The molecule has 1 heterocycles. The fourth-order valence-electron chi connectivity index (χ4n) is 4.44. The zero-order valence-electron chi connectivity index (χ0n) is 19.4. The molecule has 4 rings (SSSR count). The van der Waals surface area contributed by atoms with Gasteiger partial charge in [0.05, 0.1) is 18.6 Å². The number of rotatable bonds is 5. The molecule has 176 valence electrons. The van der Waals surface area contributed by atoms with E-state index in [-0.39, 0.29) is 29.3 Å². The van der Waals surface area contributed by atoms with Gasteiger partial charge in [0, 0.05) is 18.4 Å². The molecule has 0 spiro atoms. The Kier molecular flexibility index (Phi) is 6.28. The van der Waals surface area contributed by atoms with Gasteiger partial charge in [-0.2, -0.15) is 0 Å². The molecule has 2 aromatic rings. The third kappa shape index (κ3) is 4.59. The fourth-order valence-corrected chi connectivity index (χ4v) is 4.44. The largest absolute Gasteiger partial charge is 0.465 e. The highest BCUT2D eigenvalue weighted by molar-refractivity contribution is 6.03. The molecule has 0 radical (unpaired) electrons. The normalized spacial score (nSPS) is 19.3. The number of hydrogen-bond donors (Lipinski definition) is 1. The van der Waals surface area contributed by atoms with Crippen LogP contribution in [0.4, 0.5) is 0 Å². The smallest absolute Gasteiger partial charge is 0.340 e. The first kappa shape index (κ1) is 23.3. The van der Waals surface area contributed by atoms with Gasteiger partial charge in [-0.1, -0.05) is 56.3 Å². The van der Waals surface area contributed by atoms with E-state index in [0.29, 0.717) is 35.3 Å². The highest BCUT2D eigenvalue weighted by Crippen LogP contribution is 2.48. The minimum Gasteiger partial charge on any atom is -0.465 e. The van der Waals surface area contributed by atoms with Crippen LogP contribution in [0.3, 0.4) is 0 Å². The molecule has 0 aromatic heterocycles. The summed E-state index contributed by atoms with van der Waals surface area (Å²) in [5, 5.41) is 0. The molecule has 0 saturated carbocycles. The maximum Gasteiger partial charge on any atom is 0.340 e. The van der Waals surface area contributed by atoms with Crippen molar-refractivity contribution < 1.29 is 28.6 Å². The number of benzene rings is 2. The second-order valence-corrected chi connectivity index (χ2v) is 9.27. The number of methoxy groups -OCH3 is 1. The van der Waals surface area contributed by atoms with Crippen molar-refractivity contribution in [2.24, 2.45) is 11.1 Å². The summed E-state index contributed by atoms with van der Waals surface area (Å²) >= 11 is 0. The molecule has 0 unspecified atom stereocenters. The predicted molar refractivity (Wildman–Crippen MR) is 124 cm³/mol. The molecule has 34 heavy (non-hydrogen) atoms. The van der Waals surface area contributed by atoms with Crippen LogP contribution in [0.15, 0.2) is 77.4 Å². The average Bonchev–Trinajstić information content (AvgIpc) is 2.81. The lowest BCUT2D eigenvalue weighted by Gasteiger charge is -2.37. The van der Waals surface area contributed by atoms with E-state index in [0.717, 1.165) is 5.56 Å². The van der Waals surface area contributed by atoms with Crippen molar-refractivity contribution in [1.29, 1.82) is 0 Å². The van der Waals surface area contributed by atoms with E-state index in [2.05, 4.69) is 0 Å². The van der Waals surface area contributed by atoms with Crippen LogP contribution in [0.5, 0.6) is 0 Å². The molecule has 7 nitrogen and oxygen atoms in total. The lowest BCUT2D eigenvalue weighted by Crippen LogP contribution is -2.35. The van der Waals surface area contributed by atoms with Crippen LogP contribution >= 0.6 is 0 Å². The number of ether oxygens (including phenoxy) is 3. The second-order valence-electron chi connectivity index (χ2n) is 9.27. The Hall–Kier alpha value is -3.87. The average molecular weight is 462 g/mol. The quantitative estimate of drug-likeness (QED) is 0.667. The summed E-state index contributed by atoms with van der Waals surface area (Å²) in [7, 11) is 1.25. The number of Topliss-reactive ketones (excluding diaryl/α,β-unsaturated/α-hetero) is 1. The molecule has 0 saturated heterocycles. The van der Waals surface area contributed by atoms with Gasteiger partial charge < -0.3 is 19.9 Å². The first-order valence-electron chi connectivity index (χ1n) is 11.0. The van der Waals surface area contributed by atoms with Crippen LogP contribution in [-0.2, 0) is 30.4 Å². The number of carbonyl (C=O) groups is 3. The van der Waals surface area contributed by atoms with Gasteiger partial charge in [0.1, 0.15) is 17.9 Å². The Morgan fingerprint density at radius 2 is 1.71 bits per heavy atom. The van der Waals surface area contributed by atoms with Gasteiger partial charge in [0.25, 0.3) is 0 Å². The van der Waals surface area contributed by atoms with Crippen LogP contribution < -0.4 is 5.73 Å².